The summed E-state index contributed by atoms with van der Waals surface area (Å²) in [4.78, 5) is 16.1. The van der Waals surface area contributed by atoms with E-state index >= 15 is 0 Å². The van der Waals surface area contributed by atoms with Gasteiger partial charge in [0.15, 0.2) is 5.82 Å². The Morgan fingerprint density at radius 2 is 2.33 bits per heavy atom. The highest BCUT2D eigenvalue weighted by Gasteiger charge is 2.23. The molecule has 1 unspecified atom stereocenters. The second-order valence-corrected chi connectivity index (χ2v) is 4.90. The van der Waals surface area contributed by atoms with Gasteiger partial charge in [-0.05, 0) is 12.5 Å². The summed E-state index contributed by atoms with van der Waals surface area (Å²) in [6.45, 7) is 1.40. The number of halogens is 1. The summed E-state index contributed by atoms with van der Waals surface area (Å²) in [6, 6.07) is 3.49. The predicted octanol–water partition coefficient (Wildman–Crippen LogP) is 1.06. The quantitative estimate of drug-likeness (QED) is 0.645. The SMILES string of the molecule is NC1CCN(c2n[nH]c(-c3ccc([N+](=O)[O-])cc3F)n2)C1. The molecule has 3 N–H and O–H groups in total. The summed E-state index contributed by atoms with van der Waals surface area (Å²) >= 11 is 0. The van der Waals surface area contributed by atoms with Crippen molar-refractivity contribution in [3.05, 3.63) is 34.1 Å². The van der Waals surface area contributed by atoms with Crippen molar-refractivity contribution in [2.24, 2.45) is 5.73 Å². The molecule has 8 nitrogen and oxygen atoms in total. The highest BCUT2D eigenvalue weighted by Crippen LogP contribution is 2.25. The Hall–Kier alpha value is -2.55. The molecule has 1 atom stereocenters. The van der Waals surface area contributed by atoms with Crippen LogP contribution in [-0.2, 0) is 0 Å². The fraction of sp³-hybridized carbons (Fsp3) is 0.333. The number of nitro groups is 1. The molecule has 0 bridgehead atoms. The Bertz CT molecular complexity index is 688. The first kappa shape index (κ1) is 13.4. The number of aromatic nitrogens is 3. The zero-order valence-electron chi connectivity index (χ0n) is 11.0. The van der Waals surface area contributed by atoms with Crippen LogP contribution >= 0.6 is 0 Å². The first-order chi connectivity index (χ1) is 10.0. The van der Waals surface area contributed by atoms with Crippen LogP contribution in [0.4, 0.5) is 16.0 Å². The van der Waals surface area contributed by atoms with Gasteiger partial charge in [0.2, 0.25) is 5.95 Å². The van der Waals surface area contributed by atoms with Gasteiger partial charge < -0.3 is 10.6 Å². The molecule has 2 heterocycles. The van der Waals surface area contributed by atoms with Crippen molar-refractivity contribution in [3.63, 3.8) is 0 Å². The largest absolute Gasteiger partial charge is 0.338 e. The Morgan fingerprint density at radius 1 is 1.52 bits per heavy atom. The minimum absolute atomic E-state index is 0.0862. The van der Waals surface area contributed by atoms with E-state index in [0.29, 0.717) is 12.5 Å². The van der Waals surface area contributed by atoms with Crippen LogP contribution in [-0.4, -0.2) is 39.2 Å². The number of H-pyrrole nitrogens is 1. The summed E-state index contributed by atoms with van der Waals surface area (Å²) < 4.78 is 13.9. The summed E-state index contributed by atoms with van der Waals surface area (Å²) in [7, 11) is 0. The molecule has 1 aliphatic rings. The average Bonchev–Trinajstić information content (AvgIpc) is 3.07. The highest BCUT2D eigenvalue weighted by atomic mass is 19.1. The monoisotopic (exact) mass is 292 g/mol. The van der Waals surface area contributed by atoms with Crippen LogP contribution in [0.1, 0.15) is 6.42 Å². The van der Waals surface area contributed by atoms with Crippen LogP contribution in [0.25, 0.3) is 11.4 Å². The summed E-state index contributed by atoms with van der Waals surface area (Å²) in [5, 5.41) is 17.3. The molecule has 1 aromatic heterocycles. The number of anilines is 1. The Labute approximate surface area is 118 Å². The van der Waals surface area contributed by atoms with Gasteiger partial charge in [-0.2, -0.15) is 4.98 Å². The number of nitrogens with two attached hydrogens (primary N) is 1. The lowest BCUT2D eigenvalue weighted by molar-refractivity contribution is -0.385. The third kappa shape index (κ3) is 2.55. The maximum atomic E-state index is 13.9. The lowest BCUT2D eigenvalue weighted by Crippen LogP contribution is -2.26. The summed E-state index contributed by atoms with van der Waals surface area (Å²) in [6.07, 6.45) is 0.857. The Kier molecular flexibility index (Phi) is 3.26. The Morgan fingerprint density at radius 3 is 2.95 bits per heavy atom. The molecule has 1 aromatic carbocycles. The molecule has 0 spiro atoms. The van der Waals surface area contributed by atoms with Crippen LogP contribution < -0.4 is 10.6 Å². The zero-order chi connectivity index (χ0) is 15.0. The number of non-ortho nitro benzene ring substituents is 1. The van der Waals surface area contributed by atoms with Crippen molar-refractivity contribution >= 4 is 11.6 Å². The van der Waals surface area contributed by atoms with E-state index in [4.69, 9.17) is 5.73 Å². The lowest BCUT2D eigenvalue weighted by Gasteiger charge is -2.11. The number of hydrogen-bond acceptors (Lipinski definition) is 6. The van der Waals surface area contributed by atoms with Gasteiger partial charge in [-0.15, -0.1) is 5.10 Å². The number of aromatic amines is 1. The first-order valence-corrected chi connectivity index (χ1v) is 6.42. The van der Waals surface area contributed by atoms with Gasteiger partial charge in [0.1, 0.15) is 5.82 Å². The molecule has 21 heavy (non-hydrogen) atoms. The normalized spacial score (nSPS) is 18.2. The van der Waals surface area contributed by atoms with Crippen molar-refractivity contribution < 1.29 is 9.31 Å². The van der Waals surface area contributed by atoms with Gasteiger partial charge in [-0.25, -0.2) is 4.39 Å². The van der Waals surface area contributed by atoms with Crippen molar-refractivity contribution in [2.45, 2.75) is 12.5 Å². The van der Waals surface area contributed by atoms with Gasteiger partial charge in [-0.3, -0.25) is 15.2 Å². The van der Waals surface area contributed by atoms with Crippen molar-refractivity contribution in [1.82, 2.24) is 15.2 Å². The summed E-state index contributed by atoms with van der Waals surface area (Å²) in [5.74, 6) is -0.0291. The maximum absolute atomic E-state index is 13.9. The fourth-order valence-electron chi connectivity index (χ4n) is 2.29. The lowest BCUT2D eigenvalue weighted by atomic mass is 10.2. The standard InChI is InChI=1S/C12H13FN6O2/c13-10-5-8(19(20)21)1-2-9(10)11-15-12(17-16-11)18-4-3-7(14)6-18/h1-2,5,7H,3-4,6,14H2,(H,15,16,17). The van der Waals surface area contributed by atoms with E-state index in [1.807, 2.05) is 4.90 Å². The number of nitrogens with zero attached hydrogens (tertiary/aromatic N) is 4. The molecule has 1 fully saturated rings. The molecule has 0 aliphatic carbocycles. The van der Waals surface area contributed by atoms with Crippen molar-refractivity contribution in [3.8, 4) is 11.4 Å². The molecule has 1 aliphatic heterocycles. The van der Waals surface area contributed by atoms with E-state index in [-0.39, 0.29) is 23.1 Å². The molecule has 1 saturated heterocycles. The second kappa shape index (κ2) is 5.09. The zero-order valence-corrected chi connectivity index (χ0v) is 11.0. The van der Waals surface area contributed by atoms with Crippen molar-refractivity contribution in [2.75, 3.05) is 18.0 Å². The van der Waals surface area contributed by atoms with Gasteiger partial charge in [0.05, 0.1) is 16.6 Å². The molecule has 9 heteroatoms. The minimum Gasteiger partial charge on any atom is -0.338 e. The first-order valence-electron chi connectivity index (χ1n) is 6.42. The van der Waals surface area contributed by atoms with Gasteiger partial charge in [0.25, 0.3) is 5.69 Å². The van der Waals surface area contributed by atoms with Crippen LogP contribution in [0, 0.1) is 15.9 Å². The topological polar surface area (TPSA) is 114 Å². The van der Waals surface area contributed by atoms with E-state index in [2.05, 4.69) is 15.2 Å². The molecule has 110 valence electrons. The molecule has 0 amide bonds. The van der Waals surface area contributed by atoms with E-state index in [1.165, 1.54) is 12.1 Å². The van der Waals surface area contributed by atoms with Crippen molar-refractivity contribution in [1.29, 1.82) is 0 Å². The number of rotatable bonds is 3. The van der Waals surface area contributed by atoms with Gasteiger partial charge in [0, 0.05) is 25.2 Å². The summed E-state index contributed by atoms with van der Waals surface area (Å²) in [5.41, 5.74) is 5.66. The molecule has 2 aromatic rings. The van der Waals surface area contributed by atoms with Crippen LogP contribution in [0.15, 0.2) is 18.2 Å². The van der Waals surface area contributed by atoms with Gasteiger partial charge in [-0.1, -0.05) is 0 Å². The minimum atomic E-state index is -0.718. The number of hydrogen-bond donors (Lipinski definition) is 2. The molecule has 0 radical (unpaired) electrons. The van der Waals surface area contributed by atoms with Gasteiger partial charge >= 0.3 is 0 Å². The van der Waals surface area contributed by atoms with E-state index in [0.717, 1.165) is 19.0 Å². The maximum Gasteiger partial charge on any atom is 0.272 e. The van der Waals surface area contributed by atoms with Crippen LogP contribution in [0.3, 0.4) is 0 Å². The Balaban J connectivity index is 1.88. The molecule has 0 saturated carbocycles. The molecular formula is C12H13FN6O2. The smallest absolute Gasteiger partial charge is 0.272 e. The fourth-order valence-corrected chi connectivity index (χ4v) is 2.29. The number of nitrogens with one attached hydrogen (secondary N) is 1. The van der Waals surface area contributed by atoms with E-state index in [9.17, 15) is 14.5 Å². The molecular weight excluding hydrogens is 279 g/mol. The van der Waals surface area contributed by atoms with Crippen LogP contribution in [0.2, 0.25) is 0 Å². The van der Waals surface area contributed by atoms with E-state index in [1.54, 1.807) is 0 Å². The predicted molar refractivity (Wildman–Crippen MR) is 73.2 cm³/mol. The number of benzene rings is 1. The third-order valence-electron chi connectivity index (χ3n) is 3.40. The molecule has 3 rings (SSSR count). The average molecular weight is 292 g/mol. The number of nitro benzene ring substituents is 1. The second-order valence-electron chi connectivity index (χ2n) is 4.90. The van der Waals surface area contributed by atoms with Crippen LogP contribution in [0.5, 0.6) is 0 Å². The highest BCUT2D eigenvalue weighted by molar-refractivity contribution is 5.59. The third-order valence-corrected chi connectivity index (χ3v) is 3.40. The van der Waals surface area contributed by atoms with E-state index < -0.39 is 10.7 Å².